The lowest BCUT2D eigenvalue weighted by molar-refractivity contribution is 0.218. The van der Waals surface area contributed by atoms with Gasteiger partial charge >= 0.3 is 6.03 Å². The molecule has 0 fully saturated rings. The maximum Gasteiger partial charge on any atom is 0.315 e. The van der Waals surface area contributed by atoms with E-state index < -0.39 is 11.1 Å². The van der Waals surface area contributed by atoms with E-state index in [1.54, 1.807) is 14.2 Å². The van der Waals surface area contributed by atoms with Crippen molar-refractivity contribution in [2.45, 2.75) is 51.6 Å². The lowest BCUT2D eigenvalue weighted by Crippen LogP contribution is -2.55. The number of amides is 2. The molecule has 2 aromatic carbocycles. The van der Waals surface area contributed by atoms with Crippen LogP contribution in [0.4, 0.5) is 4.79 Å². The van der Waals surface area contributed by atoms with Crippen molar-refractivity contribution in [2.75, 3.05) is 14.2 Å². The lowest BCUT2D eigenvalue weighted by atomic mass is 9.93. The molecule has 28 heavy (non-hydrogen) atoms. The first-order chi connectivity index (χ1) is 13.2. The number of ether oxygens (including phenoxy) is 2. The van der Waals surface area contributed by atoms with Crippen LogP contribution in [-0.2, 0) is 12.8 Å². The Hall–Kier alpha value is -2.69. The van der Waals surface area contributed by atoms with Gasteiger partial charge in [0.2, 0.25) is 0 Å². The van der Waals surface area contributed by atoms with Gasteiger partial charge in [0.1, 0.15) is 11.5 Å². The van der Waals surface area contributed by atoms with E-state index in [0.717, 1.165) is 22.6 Å². The first-order valence-corrected chi connectivity index (χ1v) is 9.50. The zero-order chi connectivity index (χ0) is 20.8. The molecule has 2 amide bonds. The van der Waals surface area contributed by atoms with Gasteiger partial charge in [-0.25, -0.2) is 4.79 Å². The molecule has 0 heterocycles. The van der Waals surface area contributed by atoms with E-state index in [0.29, 0.717) is 12.8 Å². The van der Waals surface area contributed by atoms with Gasteiger partial charge in [0.15, 0.2) is 0 Å². The van der Waals surface area contributed by atoms with Crippen molar-refractivity contribution < 1.29 is 14.3 Å². The van der Waals surface area contributed by atoms with Crippen molar-refractivity contribution in [3.63, 3.8) is 0 Å². The van der Waals surface area contributed by atoms with E-state index >= 15 is 0 Å². The highest BCUT2D eigenvalue weighted by atomic mass is 16.5. The summed E-state index contributed by atoms with van der Waals surface area (Å²) in [4.78, 5) is 12.7. The maximum absolute atomic E-state index is 12.7. The molecule has 0 aliphatic rings. The molecule has 0 unspecified atom stereocenters. The van der Waals surface area contributed by atoms with Gasteiger partial charge in [-0.3, -0.25) is 0 Å². The molecule has 2 aromatic rings. The topological polar surface area (TPSA) is 59.6 Å². The predicted octanol–water partition coefficient (Wildman–Crippen LogP) is 4.35. The summed E-state index contributed by atoms with van der Waals surface area (Å²) in [7, 11) is 3.32. The van der Waals surface area contributed by atoms with Crippen molar-refractivity contribution in [3.8, 4) is 11.5 Å². The van der Waals surface area contributed by atoms with Crippen LogP contribution in [-0.4, -0.2) is 31.3 Å². The molecule has 0 radical (unpaired) electrons. The van der Waals surface area contributed by atoms with Gasteiger partial charge in [0.25, 0.3) is 0 Å². The Morgan fingerprint density at radius 1 is 0.750 bits per heavy atom. The van der Waals surface area contributed by atoms with Crippen LogP contribution in [0.2, 0.25) is 0 Å². The number of hydrogen-bond donors (Lipinski definition) is 2. The maximum atomic E-state index is 12.7. The fourth-order valence-electron chi connectivity index (χ4n) is 3.38. The lowest BCUT2D eigenvalue weighted by Gasteiger charge is -2.32. The molecule has 2 N–H and O–H groups in total. The number of benzene rings is 2. The van der Waals surface area contributed by atoms with Crippen LogP contribution in [0.1, 0.15) is 38.8 Å². The summed E-state index contributed by atoms with van der Waals surface area (Å²) in [6, 6.07) is 15.5. The molecule has 0 aliphatic carbocycles. The molecule has 5 nitrogen and oxygen atoms in total. The van der Waals surface area contributed by atoms with E-state index in [2.05, 4.69) is 10.6 Å². The summed E-state index contributed by atoms with van der Waals surface area (Å²) in [5.74, 6) is 1.66. The van der Waals surface area contributed by atoms with Gasteiger partial charge in [-0.15, -0.1) is 0 Å². The Bertz CT molecular complexity index is 734. The number of nitrogens with one attached hydrogen (secondary N) is 2. The molecule has 0 aromatic heterocycles. The Labute approximate surface area is 168 Å². The van der Waals surface area contributed by atoms with Crippen LogP contribution in [0, 0.1) is 0 Å². The summed E-state index contributed by atoms with van der Waals surface area (Å²) in [5.41, 5.74) is 1.26. The molecule has 0 saturated heterocycles. The fourth-order valence-corrected chi connectivity index (χ4v) is 3.38. The molecule has 0 atom stereocenters. The highest BCUT2D eigenvalue weighted by Gasteiger charge is 2.27. The zero-order valence-electron chi connectivity index (χ0n) is 17.8. The third-order valence-corrected chi connectivity index (χ3v) is 4.55. The number of para-hydroxylation sites is 2. The van der Waals surface area contributed by atoms with Crippen molar-refractivity contribution in [1.29, 1.82) is 0 Å². The summed E-state index contributed by atoms with van der Waals surface area (Å²) in [6.45, 7) is 8.02. The van der Waals surface area contributed by atoms with Gasteiger partial charge in [0.05, 0.1) is 14.2 Å². The van der Waals surface area contributed by atoms with Crippen molar-refractivity contribution >= 4 is 6.03 Å². The number of hydrogen-bond acceptors (Lipinski definition) is 3. The average molecular weight is 385 g/mol. The molecular weight excluding hydrogens is 352 g/mol. The number of methoxy groups -OCH3 is 2. The van der Waals surface area contributed by atoms with Crippen molar-refractivity contribution in [3.05, 3.63) is 59.7 Å². The summed E-state index contributed by atoms with van der Waals surface area (Å²) < 4.78 is 10.8. The number of carbonyl (C=O) groups excluding carboxylic acids is 1. The monoisotopic (exact) mass is 384 g/mol. The third kappa shape index (κ3) is 6.19. The Kier molecular flexibility index (Phi) is 6.95. The van der Waals surface area contributed by atoms with E-state index in [9.17, 15) is 4.79 Å². The van der Waals surface area contributed by atoms with Crippen LogP contribution >= 0.6 is 0 Å². The van der Waals surface area contributed by atoms with E-state index in [1.807, 2.05) is 76.2 Å². The second kappa shape index (κ2) is 9.00. The average Bonchev–Trinajstić information content (AvgIpc) is 2.60. The van der Waals surface area contributed by atoms with E-state index in [4.69, 9.17) is 9.47 Å². The second-order valence-electron chi connectivity index (χ2n) is 8.32. The minimum absolute atomic E-state index is 0.195. The minimum Gasteiger partial charge on any atom is -0.496 e. The van der Waals surface area contributed by atoms with Gasteiger partial charge in [0, 0.05) is 11.1 Å². The normalized spacial score (nSPS) is 11.6. The minimum atomic E-state index is -0.431. The Balaban J connectivity index is 2.01. The van der Waals surface area contributed by atoms with E-state index in [-0.39, 0.29) is 6.03 Å². The molecule has 152 valence electrons. The standard InChI is InChI=1S/C23H32N2O3/c1-22(2,15-17-11-7-9-13-19(17)27-5)24-21(26)25-23(3,4)16-18-12-8-10-14-20(18)28-6/h7-14H,15-16H2,1-6H3,(H2,24,25,26). The van der Waals surface area contributed by atoms with Crippen LogP contribution in [0.15, 0.2) is 48.5 Å². The van der Waals surface area contributed by atoms with Gasteiger partial charge < -0.3 is 20.1 Å². The SMILES string of the molecule is COc1ccccc1CC(C)(C)NC(=O)NC(C)(C)Cc1ccccc1OC. The van der Waals surface area contributed by atoms with Crippen molar-refractivity contribution in [1.82, 2.24) is 10.6 Å². The molecule has 5 heteroatoms. The first kappa shape index (κ1) is 21.6. The summed E-state index contributed by atoms with van der Waals surface area (Å²) in [5, 5.41) is 6.18. The molecule has 0 spiro atoms. The highest BCUT2D eigenvalue weighted by Crippen LogP contribution is 2.24. The van der Waals surface area contributed by atoms with Crippen LogP contribution in [0.3, 0.4) is 0 Å². The number of urea groups is 1. The molecule has 0 bridgehead atoms. The third-order valence-electron chi connectivity index (χ3n) is 4.55. The number of carbonyl (C=O) groups is 1. The smallest absolute Gasteiger partial charge is 0.315 e. The highest BCUT2D eigenvalue weighted by molar-refractivity contribution is 5.75. The van der Waals surface area contributed by atoms with Crippen LogP contribution < -0.4 is 20.1 Å². The number of rotatable bonds is 8. The summed E-state index contributed by atoms with van der Waals surface area (Å²) in [6.07, 6.45) is 1.33. The quantitative estimate of drug-likeness (QED) is 0.711. The Morgan fingerprint density at radius 2 is 1.11 bits per heavy atom. The van der Waals surface area contributed by atoms with Gasteiger partial charge in [-0.2, -0.15) is 0 Å². The molecule has 0 saturated carbocycles. The van der Waals surface area contributed by atoms with Gasteiger partial charge in [-0.1, -0.05) is 36.4 Å². The molecule has 0 aliphatic heterocycles. The Morgan fingerprint density at radius 3 is 1.46 bits per heavy atom. The van der Waals surface area contributed by atoms with Crippen molar-refractivity contribution in [2.24, 2.45) is 0 Å². The predicted molar refractivity (Wildman–Crippen MR) is 113 cm³/mol. The second-order valence-corrected chi connectivity index (χ2v) is 8.32. The largest absolute Gasteiger partial charge is 0.496 e. The fraction of sp³-hybridized carbons (Fsp3) is 0.435. The molecule has 2 rings (SSSR count). The molecular formula is C23H32N2O3. The van der Waals surface area contributed by atoms with Gasteiger partial charge in [-0.05, 0) is 63.8 Å². The van der Waals surface area contributed by atoms with Crippen LogP contribution in [0.25, 0.3) is 0 Å². The van der Waals surface area contributed by atoms with Crippen LogP contribution in [0.5, 0.6) is 11.5 Å². The zero-order valence-corrected chi connectivity index (χ0v) is 17.8. The first-order valence-electron chi connectivity index (χ1n) is 9.50. The van der Waals surface area contributed by atoms with E-state index in [1.165, 1.54) is 0 Å². The summed E-state index contributed by atoms with van der Waals surface area (Å²) >= 11 is 0.